The second kappa shape index (κ2) is 4.41. The van der Waals surface area contributed by atoms with Gasteiger partial charge in [0.15, 0.2) is 0 Å². The summed E-state index contributed by atoms with van der Waals surface area (Å²) in [6.45, 7) is 2.95. The van der Waals surface area contributed by atoms with Gasteiger partial charge in [-0.2, -0.15) is 0 Å². The van der Waals surface area contributed by atoms with Crippen molar-refractivity contribution in [3.63, 3.8) is 0 Å². The maximum atomic E-state index is 11.7. The molecule has 0 aromatic carbocycles. The average Bonchev–Trinajstić information content (AvgIpc) is 2.01. The lowest BCUT2D eigenvalue weighted by Gasteiger charge is -2.40. The summed E-state index contributed by atoms with van der Waals surface area (Å²) in [6.07, 6.45) is 1.34. The Kier molecular flexibility index (Phi) is 3.46. The maximum Gasteiger partial charge on any atom is 0.240 e. The molecule has 1 saturated heterocycles. The van der Waals surface area contributed by atoms with Crippen LogP contribution >= 0.6 is 0 Å². The average molecular weight is 199 g/mol. The number of rotatable bonds is 4. The van der Waals surface area contributed by atoms with Gasteiger partial charge in [-0.3, -0.25) is 9.59 Å². The molecule has 1 aliphatic rings. The first-order valence-corrected chi connectivity index (χ1v) is 4.87. The molecule has 1 rings (SSSR count). The molecule has 1 aliphatic heterocycles. The first kappa shape index (κ1) is 11.0. The van der Waals surface area contributed by atoms with Crippen LogP contribution in [0.15, 0.2) is 0 Å². The Morgan fingerprint density at radius 2 is 2.21 bits per heavy atom. The second-order valence-corrected chi connectivity index (χ2v) is 3.72. The lowest BCUT2D eigenvalue weighted by Crippen LogP contribution is -2.58. The third-order valence-electron chi connectivity index (χ3n) is 2.65. The van der Waals surface area contributed by atoms with Gasteiger partial charge in [0, 0.05) is 12.5 Å². The van der Waals surface area contributed by atoms with Gasteiger partial charge in [-0.15, -0.1) is 0 Å². The van der Waals surface area contributed by atoms with E-state index in [4.69, 9.17) is 11.5 Å². The van der Waals surface area contributed by atoms with E-state index < -0.39 is 5.91 Å². The van der Waals surface area contributed by atoms with Gasteiger partial charge < -0.3 is 16.4 Å². The zero-order chi connectivity index (χ0) is 10.7. The van der Waals surface area contributed by atoms with Crippen LogP contribution in [0.5, 0.6) is 0 Å². The molecule has 2 atom stereocenters. The zero-order valence-corrected chi connectivity index (χ0v) is 8.40. The van der Waals surface area contributed by atoms with Crippen molar-refractivity contribution in [1.29, 1.82) is 0 Å². The molecular formula is C9H17N3O2. The Morgan fingerprint density at radius 3 is 2.57 bits per heavy atom. The highest BCUT2D eigenvalue weighted by Crippen LogP contribution is 2.20. The smallest absolute Gasteiger partial charge is 0.240 e. The molecule has 2 unspecified atom stereocenters. The molecule has 14 heavy (non-hydrogen) atoms. The molecule has 5 heteroatoms. The van der Waals surface area contributed by atoms with Crippen molar-refractivity contribution < 1.29 is 9.59 Å². The van der Waals surface area contributed by atoms with E-state index in [9.17, 15) is 9.59 Å². The second-order valence-electron chi connectivity index (χ2n) is 3.72. The van der Waals surface area contributed by atoms with Crippen molar-refractivity contribution >= 4 is 11.8 Å². The van der Waals surface area contributed by atoms with Gasteiger partial charge >= 0.3 is 0 Å². The fourth-order valence-electron chi connectivity index (χ4n) is 1.60. The van der Waals surface area contributed by atoms with Crippen molar-refractivity contribution in [2.24, 2.45) is 17.4 Å². The van der Waals surface area contributed by atoms with E-state index in [0.29, 0.717) is 25.9 Å². The largest absolute Gasteiger partial charge is 0.368 e. The Hall–Kier alpha value is -1.10. The van der Waals surface area contributed by atoms with E-state index in [1.807, 2.05) is 6.92 Å². The summed E-state index contributed by atoms with van der Waals surface area (Å²) in [6, 6.07) is -0.386. The predicted octanol–water partition coefficient (Wildman–Crippen LogP) is -0.942. The molecule has 1 heterocycles. The lowest BCUT2D eigenvalue weighted by molar-refractivity contribution is -0.149. The standard InChI is InChI=1S/C9H17N3O2/c1-6(2-4-10)9(14)12-5-3-7(12)8(11)13/h6-7H,2-5,10H2,1H3,(H2,11,13). The molecule has 0 spiro atoms. The minimum atomic E-state index is -0.412. The molecule has 0 aromatic rings. The minimum Gasteiger partial charge on any atom is -0.368 e. The molecule has 4 N–H and O–H groups in total. The topological polar surface area (TPSA) is 89.4 Å². The van der Waals surface area contributed by atoms with Crippen molar-refractivity contribution in [2.45, 2.75) is 25.8 Å². The quantitative estimate of drug-likeness (QED) is 0.612. The third kappa shape index (κ3) is 2.04. The number of amides is 2. The number of carbonyl (C=O) groups excluding carboxylic acids is 2. The van der Waals surface area contributed by atoms with Crippen LogP contribution in [-0.2, 0) is 9.59 Å². The molecule has 5 nitrogen and oxygen atoms in total. The Balaban J connectivity index is 2.49. The van der Waals surface area contributed by atoms with Gasteiger partial charge in [-0.05, 0) is 19.4 Å². The number of hydrogen-bond acceptors (Lipinski definition) is 3. The summed E-state index contributed by atoms with van der Waals surface area (Å²) in [7, 11) is 0. The molecular weight excluding hydrogens is 182 g/mol. The molecule has 0 bridgehead atoms. The van der Waals surface area contributed by atoms with Gasteiger partial charge in [0.2, 0.25) is 11.8 Å². The third-order valence-corrected chi connectivity index (χ3v) is 2.65. The van der Waals surface area contributed by atoms with E-state index in [2.05, 4.69) is 0 Å². The van der Waals surface area contributed by atoms with Crippen LogP contribution in [0.25, 0.3) is 0 Å². The number of hydrogen-bond donors (Lipinski definition) is 2. The summed E-state index contributed by atoms with van der Waals surface area (Å²) >= 11 is 0. The number of likely N-dealkylation sites (tertiary alicyclic amines) is 1. The summed E-state index contributed by atoms with van der Waals surface area (Å²) in [5.74, 6) is -0.530. The molecule has 0 saturated carbocycles. The number of nitrogens with zero attached hydrogens (tertiary/aromatic N) is 1. The van der Waals surface area contributed by atoms with Gasteiger partial charge in [0.25, 0.3) is 0 Å². The monoisotopic (exact) mass is 199 g/mol. The van der Waals surface area contributed by atoms with E-state index in [1.54, 1.807) is 4.90 Å². The molecule has 80 valence electrons. The Bertz CT molecular complexity index is 242. The first-order chi connectivity index (χ1) is 6.57. The van der Waals surface area contributed by atoms with E-state index in [1.165, 1.54) is 0 Å². The zero-order valence-electron chi connectivity index (χ0n) is 8.40. The van der Waals surface area contributed by atoms with Crippen LogP contribution in [0.2, 0.25) is 0 Å². The highest BCUT2D eigenvalue weighted by atomic mass is 16.2. The van der Waals surface area contributed by atoms with Gasteiger partial charge in [0.1, 0.15) is 6.04 Å². The summed E-state index contributed by atoms with van der Waals surface area (Å²) in [5.41, 5.74) is 10.5. The minimum absolute atomic E-state index is 0.00880. The fourth-order valence-corrected chi connectivity index (χ4v) is 1.60. The van der Waals surface area contributed by atoms with Crippen LogP contribution in [0, 0.1) is 5.92 Å². The highest BCUT2D eigenvalue weighted by molar-refractivity contribution is 5.89. The van der Waals surface area contributed by atoms with Crippen molar-refractivity contribution in [3.8, 4) is 0 Å². The highest BCUT2D eigenvalue weighted by Gasteiger charge is 2.37. The predicted molar refractivity (Wildman–Crippen MR) is 52.1 cm³/mol. The Morgan fingerprint density at radius 1 is 1.57 bits per heavy atom. The van der Waals surface area contributed by atoms with Crippen LogP contribution in [0.1, 0.15) is 19.8 Å². The fraction of sp³-hybridized carbons (Fsp3) is 0.778. The Labute approximate surface area is 83.4 Å². The van der Waals surface area contributed by atoms with Gasteiger partial charge in [-0.1, -0.05) is 6.92 Å². The molecule has 0 radical (unpaired) electrons. The van der Waals surface area contributed by atoms with Crippen LogP contribution in [0.4, 0.5) is 0 Å². The van der Waals surface area contributed by atoms with Crippen LogP contribution in [-0.4, -0.2) is 35.8 Å². The maximum absolute atomic E-state index is 11.7. The number of primary amides is 1. The van der Waals surface area contributed by atoms with Gasteiger partial charge in [0.05, 0.1) is 0 Å². The van der Waals surface area contributed by atoms with Gasteiger partial charge in [-0.25, -0.2) is 0 Å². The van der Waals surface area contributed by atoms with E-state index in [0.717, 1.165) is 0 Å². The lowest BCUT2D eigenvalue weighted by atomic mass is 9.97. The SMILES string of the molecule is CC(CCN)C(=O)N1CCC1C(N)=O. The molecule has 1 fully saturated rings. The number of nitrogens with two attached hydrogens (primary N) is 2. The summed E-state index contributed by atoms with van der Waals surface area (Å²) in [5, 5.41) is 0. The molecule has 0 aliphatic carbocycles. The molecule has 0 aromatic heterocycles. The summed E-state index contributed by atoms with van der Waals surface area (Å²) < 4.78 is 0. The van der Waals surface area contributed by atoms with Crippen molar-refractivity contribution in [2.75, 3.05) is 13.1 Å². The van der Waals surface area contributed by atoms with Crippen LogP contribution < -0.4 is 11.5 Å². The first-order valence-electron chi connectivity index (χ1n) is 4.87. The molecule has 2 amide bonds. The normalized spacial score (nSPS) is 22.7. The van der Waals surface area contributed by atoms with E-state index >= 15 is 0 Å². The van der Waals surface area contributed by atoms with Crippen LogP contribution in [0.3, 0.4) is 0 Å². The summed E-state index contributed by atoms with van der Waals surface area (Å²) in [4.78, 5) is 24.1. The van der Waals surface area contributed by atoms with Crippen molar-refractivity contribution in [3.05, 3.63) is 0 Å². The number of carbonyl (C=O) groups is 2. The van der Waals surface area contributed by atoms with Crippen molar-refractivity contribution in [1.82, 2.24) is 4.90 Å². The van der Waals surface area contributed by atoms with E-state index in [-0.39, 0.29) is 17.9 Å².